The summed E-state index contributed by atoms with van der Waals surface area (Å²) >= 11 is 0. The number of guanidine groups is 1. The van der Waals surface area contributed by atoms with Gasteiger partial charge >= 0.3 is 12.2 Å². The number of carbonyl (C=O) groups excluding carboxylic acids is 2. The average molecular weight is 630 g/mol. The summed E-state index contributed by atoms with van der Waals surface area (Å²) in [5.41, 5.74) is -1.34. The highest BCUT2D eigenvalue weighted by atomic mass is 16.6. The molecular formula is C36H63N5O4. The van der Waals surface area contributed by atoms with Crippen molar-refractivity contribution in [3.8, 4) is 11.8 Å². The zero-order chi connectivity index (χ0) is 33.4. The molecule has 9 nitrogen and oxygen atoms in total. The zero-order valence-electron chi connectivity index (χ0n) is 29.6. The molecule has 0 fully saturated rings. The van der Waals surface area contributed by atoms with Gasteiger partial charge in [-0.2, -0.15) is 0 Å². The van der Waals surface area contributed by atoms with Gasteiger partial charge in [-0.05, 0) is 92.6 Å². The Kier molecular flexibility index (Phi) is 20.7. The van der Waals surface area contributed by atoms with Gasteiger partial charge in [-0.3, -0.25) is 20.6 Å². The van der Waals surface area contributed by atoms with Crippen LogP contribution < -0.4 is 10.6 Å². The second kappa shape index (κ2) is 23.3. The predicted molar refractivity (Wildman–Crippen MR) is 187 cm³/mol. The monoisotopic (exact) mass is 629 g/mol. The number of ether oxygens (including phenoxy) is 2. The Morgan fingerprint density at radius 3 is 2.20 bits per heavy atom. The van der Waals surface area contributed by atoms with Gasteiger partial charge < -0.3 is 14.4 Å². The molecule has 0 bridgehead atoms. The van der Waals surface area contributed by atoms with Crippen molar-refractivity contribution < 1.29 is 19.1 Å². The van der Waals surface area contributed by atoms with E-state index in [9.17, 15) is 9.59 Å². The minimum absolute atomic E-state index is 0.0246. The molecule has 1 aliphatic rings. The summed E-state index contributed by atoms with van der Waals surface area (Å²) in [7, 11) is 0. The van der Waals surface area contributed by atoms with Crippen LogP contribution in [0.3, 0.4) is 0 Å². The number of rotatable bonds is 17. The number of hydrogen-bond donors (Lipinski definition) is 2. The van der Waals surface area contributed by atoms with Gasteiger partial charge in [-0.25, -0.2) is 9.59 Å². The lowest BCUT2D eigenvalue weighted by atomic mass is 10.1. The fraction of sp³-hybridized carbons (Fsp3) is 0.778. The van der Waals surface area contributed by atoms with Gasteiger partial charge in [-0.15, -0.1) is 0 Å². The van der Waals surface area contributed by atoms with Crippen molar-refractivity contribution in [2.45, 2.75) is 156 Å². The van der Waals surface area contributed by atoms with Crippen LogP contribution >= 0.6 is 0 Å². The van der Waals surface area contributed by atoms with Crippen LogP contribution in [0.15, 0.2) is 22.1 Å². The van der Waals surface area contributed by atoms with Gasteiger partial charge in [-0.1, -0.05) is 63.4 Å². The number of nitrogens with one attached hydrogen (secondary N) is 2. The van der Waals surface area contributed by atoms with Crippen molar-refractivity contribution in [1.29, 1.82) is 0 Å². The molecule has 0 aromatic carbocycles. The molecule has 0 saturated heterocycles. The van der Waals surface area contributed by atoms with Gasteiger partial charge in [0.05, 0.1) is 5.84 Å². The van der Waals surface area contributed by atoms with Crippen molar-refractivity contribution in [3.05, 3.63) is 12.2 Å². The molecule has 0 unspecified atom stereocenters. The van der Waals surface area contributed by atoms with E-state index < -0.39 is 23.4 Å². The summed E-state index contributed by atoms with van der Waals surface area (Å²) in [6, 6.07) is 0. The van der Waals surface area contributed by atoms with Gasteiger partial charge in [0.25, 0.3) is 0 Å². The summed E-state index contributed by atoms with van der Waals surface area (Å²) in [4.78, 5) is 36.2. The van der Waals surface area contributed by atoms with Crippen LogP contribution in [0.5, 0.6) is 0 Å². The standard InChI is InChI=1S/C36H63N5O4/c1-8-9-10-11-12-13-14-15-16-17-18-19-20-21-22-26-31-37-28-25-30-41(31)29-24-23-27-38-32(39-33(42)44-35(2,3)4)40-34(43)45-36(5,6)7/h15-16H,8-12,17-30H2,1-7H3,(H2,38,39,40,42,43). The number of hydrogen-bond acceptors (Lipinski definition) is 7. The van der Waals surface area contributed by atoms with E-state index in [0.29, 0.717) is 6.54 Å². The van der Waals surface area contributed by atoms with E-state index in [0.717, 1.165) is 58.2 Å². The number of carbonyl (C=O) groups is 2. The summed E-state index contributed by atoms with van der Waals surface area (Å²) < 4.78 is 10.6. The van der Waals surface area contributed by atoms with Crippen LogP contribution in [0.25, 0.3) is 0 Å². The van der Waals surface area contributed by atoms with E-state index in [2.05, 4.69) is 45.4 Å². The Bertz CT molecular complexity index is 964. The first-order chi connectivity index (χ1) is 21.4. The highest BCUT2D eigenvalue weighted by molar-refractivity contribution is 6.01. The largest absolute Gasteiger partial charge is 0.444 e. The molecule has 0 aliphatic carbocycles. The minimum Gasteiger partial charge on any atom is -0.444 e. The van der Waals surface area contributed by atoms with E-state index in [1.165, 1.54) is 63.6 Å². The van der Waals surface area contributed by atoms with E-state index in [4.69, 9.17) is 14.5 Å². The van der Waals surface area contributed by atoms with Crippen LogP contribution in [0, 0.1) is 11.8 Å². The number of amidine groups is 1. The van der Waals surface area contributed by atoms with Crippen molar-refractivity contribution in [1.82, 2.24) is 15.5 Å². The second-order valence-electron chi connectivity index (χ2n) is 13.7. The molecule has 0 atom stereocenters. The number of nitrogens with zero attached hydrogens (tertiary/aromatic N) is 3. The normalized spacial score (nSPS) is 13.5. The van der Waals surface area contributed by atoms with Crippen LogP contribution in [0.2, 0.25) is 0 Å². The third kappa shape index (κ3) is 24.0. The fourth-order valence-corrected chi connectivity index (χ4v) is 4.68. The maximum atomic E-state index is 12.3. The van der Waals surface area contributed by atoms with Crippen LogP contribution in [0.4, 0.5) is 9.59 Å². The number of aliphatic imine (C=N–C) groups is 2. The van der Waals surface area contributed by atoms with Crippen molar-refractivity contribution in [2.75, 3.05) is 26.2 Å². The molecule has 1 heterocycles. The molecule has 2 amide bonds. The Hall–Kier alpha value is -3.02. The molecule has 1 aliphatic heterocycles. The van der Waals surface area contributed by atoms with E-state index in [1.54, 1.807) is 41.5 Å². The summed E-state index contributed by atoms with van der Waals surface area (Å²) in [6.07, 6.45) is 20.2. The third-order valence-corrected chi connectivity index (χ3v) is 6.82. The fourth-order valence-electron chi connectivity index (χ4n) is 4.68. The van der Waals surface area contributed by atoms with Crippen molar-refractivity contribution in [2.24, 2.45) is 9.98 Å². The van der Waals surface area contributed by atoms with Crippen LogP contribution in [0.1, 0.15) is 145 Å². The van der Waals surface area contributed by atoms with Gasteiger partial charge in [0, 0.05) is 39.0 Å². The maximum Gasteiger partial charge on any atom is 0.414 e. The molecule has 0 spiro atoms. The molecule has 256 valence electrons. The Morgan fingerprint density at radius 1 is 0.889 bits per heavy atom. The highest BCUT2D eigenvalue weighted by Crippen LogP contribution is 2.14. The summed E-state index contributed by atoms with van der Waals surface area (Å²) in [5.74, 6) is 7.69. The average Bonchev–Trinajstić information content (AvgIpc) is 2.93. The quantitative estimate of drug-likeness (QED) is 0.0726. The lowest BCUT2D eigenvalue weighted by Crippen LogP contribution is -2.47. The number of alkyl carbamates (subject to hydrolysis) is 2. The third-order valence-electron chi connectivity index (χ3n) is 6.82. The highest BCUT2D eigenvalue weighted by Gasteiger charge is 2.21. The second-order valence-corrected chi connectivity index (χ2v) is 13.7. The van der Waals surface area contributed by atoms with Gasteiger partial charge in [0.15, 0.2) is 0 Å². The molecular weight excluding hydrogens is 566 g/mol. The number of amides is 2. The minimum atomic E-state index is -0.683. The topological polar surface area (TPSA) is 105 Å². The van der Waals surface area contributed by atoms with E-state index in [-0.39, 0.29) is 5.96 Å². The molecule has 1 rings (SSSR count). The maximum absolute atomic E-state index is 12.3. The Labute approximate surface area is 274 Å². The summed E-state index contributed by atoms with van der Waals surface area (Å²) in [5, 5.41) is 5.08. The smallest absolute Gasteiger partial charge is 0.414 e. The number of allylic oxidation sites excluding steroid dienone is 2. The first kappa shape index (κ1) is 40.0. The summed E-state index contributed by atoms with van der Waals surface area (Å²) in [6.45, 7) is 16.2. The molecule has 45 heavy (non-hydrogen) atoms. The number of unbranched alkanes of at least 4 members (excludes halogenated alkanes) is 10. The lowest BCUT2D eigenvalue weighted by molar-refractivity contribution is 0.0545. The lowest BCUT2D eigenvalue weighted by Gasteiger charge is -2.29. The van der Waals surface area contributed by atoms with Gasteiger partial charge in [0.1, 0.15) is 11.2 Å². The first-order valence-electron chi connectivity index (χ1n) is 17.4. The molecule has 0 aromatic rings. The van der Waals surface area contributed by atoms with Crippen molar-refractivity contribution >= 4 is 24.0 Å². The molecule has 0 aromatic heterocycles. The SMILES string of the molecule is CCCCCCC#CC=CCCCCCCCC1=NCCCN1CCCCN=C(NC(=O)OC(C)(C)C)NC(=O)OC(C)(C)C. The molecule has 0 radical (unpaired) electrons. The molecule has 0 saturated carbocycles. The van der Waals surface area contributed by atoms with Gasteiger partial charge in [0.2, 0.25) is 5.96 Å². The molecule has 9 heteroatoms. The van der Waals surface area contributed by atoms with Crippen LogP contribution in [-0.4, -0.2) is 66.3 Å². The van der Waals surface area contributed by atoms with E-state index >= 15 is 0 Å². The molecule has 2 N–H and O–H groups in total. The van der Waals surface area contributed by atoms with Crippen LogP contribution in [-0.2, 0) is 9.47 Å². The first-order valence-corrected chi connectivity index (χ1v) is 17.4. The Morgan fingerprint density at radius 2 is 1.53 bits per heavy atom. The van der Waals surface area contributed by atoms with Crippen molar-refractivity contribution in [3.63, 3.8) is 0 Å². The van der Waals surface area contributed by atoms with E-state index in [1.807, 2.05) is 6.08 Å². The predicted octanol–water partition coefficient (Wildman–Crippen LogP) is 8.54. The Balaban J connectivity index is 2.36. The zero-order valence-corrected chi connectivity index (χ0v) is 29.6.